The molecule has 0 bridgehead atoms. The van der Waals surface area contributed by atoms with Crippen molar-refractivity contribution in [3.05, 3.63) is 59.7 Å². The maximum atomic E-state index is 13.6. The first kappa shape index (κ1) is 19.4. The van der Waals surface area contributed by atoms with Gasteiger partial charge < -0.3 is 0 Å². The quantitative estimate of drug-likeness (QED) is 0.618. The SMILES string of the molecule is C/C(=N/Nc1ccc(F)cc1F)c1ccc(S(=O)(=O)N2CCCCC2)cc1. The van der Waals surface area contributed by atoms with Crippen molar-refractivity contribution in [3.63, 3.8) is 0 Å². The number of hydrazone groups is 1. The van der Waals surface area contributed by atoms with Crippen LogP contribution in [0, 0.1) is 11.6 Å². The minimum atomic E-state index is -3.48. The second kappa shape index (κ2) is 8.14. The van der Waals surface area contributed by atoms with Crippen LogP contribution in [0.3, 0.4) is 0 Å². The molecule has 144 valence electrons. The summed E-state index contributed by atoms with van der Waals surface area (Å²) in [7, 11) is -3.48. The van der Waals surface area contributed by atoms with Gasteiger partial charge in [0, 0.05) is 19.2 Å². The summed E-state index contributed by atoms with van der Waals surface area (Å²) in [6.45, 7) is 2.82. The fourth-order valence-electron chi connectivity index (χ4n) is 2.91. The molecule has 3 rings (SSSR count). The van der Waals surface area contributed by atoms with Gasteiger partial charge in [0.1, 0.15) is 5.82 Å². The highest BCUT2D eigenvalue weighted by molar-refractivity contribution is 7.89. The number of halogens is 2. The molecule has 1 fully saturated rings. The molecule has 5 nitrogen and oxygen atoms in total. The number of hydrogen-bond acceptors (Lipinski definition) is 4. The number of benzene rings is 2. The van der Waals surface area contributed by atoms with Gasteiger partial charge in [-0.3, -0.25) is 5.43 Å². The first-order valence-corrected chi connectivity index (χ1v) is 10.2. The molecule has 0 atom stereocenters. The van der Waals surface area contributed by atoms with Crippen molar-refractivity contribution >= 4 is 21.4 Å². The van der Waals surface area contributed by atoms with Crippen molar-refractivity contribution in [1.82, 2.24) is 4.31 Å². The Labute approximate surface area is 157 Å². The van der Waals surface area contributed by atoms with Crippen LogP contribution in [-0.4, -0.2) is 31.5 Å². The Bertz CT molecular complexity index is 938. The van der Waals surface area contributed by atoms with Crippen molar-refractivity contribution in [1.29, 1.82) is 0 Å². The third-order valence-electron chi connectivity index (χ3n) is 4.50. The molecule has 0 spiro atoms. The monoisotopic (exact) mass is 393 g/mol. The number of nitrogens with one attached hydrogen (secondary N) is 1. The van der Waals surface area contributed by atoms with Crippen LogP contribution in [0.4, 0.5) is 14.5 Å². The molecule has 8 heteroatoms. The molecular formula is C19H21F2N3O2S. The number of rotatable bonds is 5. The molecular weight excluding hydrogens is 372 g/mol. The first-order valence-electron chi connectivity index (χ1n) is 8.74. The first-order chi connectivity index (χ1) is 12.9. The summed E-state index contributed by atoms with van der Waals surface area (Å²) in [6, 6.07) is 9.60. The molecule has 0 unspecified atom stereocenters. The molecule has 0 aliphatic carbocycles. The van der Waals surface area contributed by atoms with Gasteiger partial charge >= 0.3 is 0 Å². The molecule has 1 heterocycles. The van der Waals surface area contributed by atoms with E-state index in [0.717, 1.165) is 31.4 Å². The zero-order valence-electron chi connectivity index (χ0n) is 15.0. The summed E-state index contributed by atoms with van der Waals surface area (Å²) in [4.78, 5) is 0.249. The summed E-state index contributed by atoms with van der Waals surface area (Å²) in [5.74, 6) is -1.40. The molecule has 0 amide bonds. The molecule has 1 saturated heterocycles. The summed E-state index contributed by atoms with van der Waals surface area (Å²) in [5, 5.41) is 4.08. The molecule has 0 saturated carbocycles. The second-order valence-electron chi connectivity index (χ2n) is 6.42. The Balaban J connectivity index is 1.74. The van der Waals surface area contributed by atoms with Gasteiger partial charge in [-0.2, -0.15) is 9.41 Å². The van der Waals surface area contributed by atoms with E-state index in [4.69, 9.17) is 0 Å². The Hall–Kier alpha value is -2.32. The molecule has 27 heavy (non-hydrogen) atoms. The smallest absolute Gasteiger partial charge is 0.243 e. The van der Waals surface area contributed by atoms with Crippen molar-refractivity contribution in [3.8, 4) is 0 Å². The van der Waals surface area contributed by atoms with E-state index in [1.807, 2.05) is 0 Å². The van der Waals surface area contributed by atoms with Gasteiger partial charge in [0.15, 0.2) is 5.82 Å². The van der Waals surface area contributed by atoms with Crippen LogP contribution in [0.5, 0.6) is 0 Å². The van der Waals surface area contributed by atoms with Crippen molar-refractivity contribution in [2.45, 2.75) is 31.1 Å². The molecule has 1 aliphatic rings. The van der Waals surface area contributed by atoms with E-state index in [-0.39, 0.29) is 10.6 Å². The highest BCUT2D eigenvalue weighted by atomic mass is 32.2. The standard InChI is InChI=1S/C19H21F2N3O2S/c1-14(22-23-19-10-7-16(20)13-18(19)21)15-5-8-17(9-6-15)27(25,26)24-11-3-2-4-12-24/h5-10,13,23H,2-4,11-12H2,1H3/b22-14-. The van der Waals surface area contributed by atoms with Crippen LogP contribution in [0.25, 0.3) is 0 Å². The van der Waals surface area contributed by atoms with E-state index in [1.165, 1.54) is 10.4 Å². The molecule has 1 aliphatic heterocycles. The van der Waals surface area contributed by atoms with Gasteiger partial charge in [0.2, 0.25) is 10.0 Å². The number of nitrogens with zero attached hydrogens (tertiary/aromatic N) is 2. The molecule has 0 aromatic heterocycles. The summed E-state index contributed by atoms with van der Waals surface area (Å²) in [5.41, 5.74) is 3.85. The molecule has 0 radical (unpaired) electrons. The van der Waals surface area contributed by atoms with E-state index < -0.39 is 21.7 Å². The van der Waals surface area contributed by atoms with E-state index in [2.05, 4.69) is 10.5 Å². The maximum absolute atomic E-state index is 13.6. The van der Waals surface area contributed by atoms with Crippen molar-refractivity contribution in [2.75, 3.05) is 18.5 Å². The Morgan fingerprint density at radius 2 is 1.70 bits per heavy atom. The summed E-state index contributed by atoms with van der Waals surface area (Å²) < 4.78 is 53.4. The van der Waals surface area contributed by atoms with E-state index in [9.17, 15) is 17.2 Å². The Morgan fingerprint density at radius 1 is 1.04 bits per heavy atom. The number of anilines is 1. The predicted octanol–water partition coefficient (Wildman–Crippen LogP) is 3.98. The van der Waals surface area contributed by atoms with Crippen LogP contribution in [0.15, 0.2) is 52.5 Å². The molecule has 1 N–H and O–H groups in total. The van der Waals surface area contributed by atoms with Crippen LogP contribution < -0.4 is 5.43 Å². The summed E-state index contributed by atoms with van der Waals surface area (Å²) >= 11 is 0. The van der Waals surface area contributed by atoms with Crippen molar-refractivity contribution in [2.24, 2.45) is 5.10 Å². The number of piperidine rings is 1. The highest BCUT2D eigenvalue weighted by Crippen LogP contribution is 2.21. The lowest BCUT2D eigenvalue weighted by Crippen LogP contribution is -2.35. The Kier molecular flexibility index (Phi) is 5.86. The lowest BCUT2D eigenvalue weighted by Gasteiger charge is -2.25. The normalized spacial score (nSPS) is 16.3. The van der Waals surface area contributed by atoms with E-state index in [0.29, 0.717) is 24.4 Å². The predicted molar refractivity (Wildman–Crippen MR) is 101 cm³/mol. The van der Waals surface area contributed by atoms with Gasteiger partial charge in [-0.25, -0.2) is 17.2 Å². The minimum absolute atomic E-state index is 0.0556. The zero-order chi connectivity index (χ0) is 19.4. The number of sulfonamides is 1. The van der Waals surface area contributed by atoms with Crippen molar-refractivity contribution < 1.29 is 17.2 Å². The van der Waals surface area contributed by atoms with Gasteiger partial charge in [0.25, 0.3) is 0 Å². The lowest BCUT2D eigenvalue weighted by molar-refractivity contribution is 0.346. The minimum Gasteiger partial charge on any atom is -0.275 e. The van der Waals surface area contributed by atoms with Gasteiger partial charge in [0.05, 0.1) is 16.3 Å². The topological polar surface area (TPSA) is 61.8 Å². The third-order valence-corrected chi connectivity index (χ3v) is 6.41. The van der Waals surface area contributed by atoms with Gasteiger partial charge in [-0.15, -0.1) is 0 Å². The fourth-order valence-corrected chi connectivity index (χ4v) is 4.43. The third kappa shape index (κ3) is 4.51. The van der Waals surface area contributed by atoms with Gasteiger partial charge in [-0.05, 0) is 49.6 Å². The highest BCUT2D eigenvalue weighted by Gasteiger charge is 2.25. The average molecular weight is 393 g/mol. The van der Waals surface area contributed by atoms with Crippen LogP contribution in [0.2, 0.25) is 0 Å². The van der Waals surface area contributed by atoms with E-state index in [1.54, 1.807) is 31.2 Å². The summed E-state index contributed by atoms with van der Waals surface area (Å²) in [6.07, 6.45) is 2.83. The fraction of sp³-hybridized carbons (Fsp3) is 0.316. The Morgan fingerprint density at radius 3 is 2.33 bits per heavy atom. The second-order valence-corrected chi connectivity index (χ2v) is 8.36. The molecule has 2 aromatic carbocycles. The van der Waals surface area contributed by atoms with Crippen LogP contribution in [-0.2, 0) is 10.0 Å². The number of hydrogen-bond donors (Lipinski definition) is 1. The largest absolute Gasteiger partial charge is 0.275 e. The van der Waals surface area contributed by atoms with Crippen LogP contribution in [0.1, 0.15) is 31.7 Å². The van der Waals surface area contributed by atoms with Crippen LogP contribution >= 0.6 is 0 Å². The average Bonchev–Trinajstić information content (AvgIpc) is 2.68. The maximum Gasteiger partial charge on any atom is 0.243 e. The van der Waals surface area contributed by atoms with E-state index >= 15 is 0 Å². The molecule has 2 aromatic rings. The van der Waals surface area contributed by atoms with Gasteiger partial charge in [-0.1, -0.05) is 18.6 Å². The zero-order valence-corrected chi connectivity index (χ0v) is 15.8. The lowest BCUT2D eigenvalue weighted by atomic mass is 10.1.